The Morgan fingerprint density at radius 2 is 1.75 bits per heavy atom. The van der Waals surface area contributed by atoms with Gasteiger partial charge in [-0.25, -0.2) is 5.84 Å². The highest BCUT2D eigenvalue weighted by Crippen LogP contribution is 2.31. The number of hydrogen-bond acceptors (Lipinski definition) is 6. The third kappa shape index (κ3) is 3.26. The van der Waals surface area contributed by atoms with E-state index in [0.717, 1.165) is 12.1 Å². The summed E-state index contributed by atoms with van der Waals surface area (Å²) in [5.41, 5.74) is 7.19. The van der Waals surface area contributed by atoms with Crippen LogP contribution in [0, 0.1) is 0 Å². The third-order valence-corrected chi connectivity index (χ3v) is 2.35. The number of rotatable bonds is 3. The first-order valence-corrected chi connectivity index (χ1v) is 5.44. The largest absolute Gasteiger partial charge is 0.416 e. The molecule has 6 nitrogen and oxygen atoms in total. The summed E-state index contributed by atoms with van der Waals surface area (Å²) >= 11 is 0. The van der Waals surface area contributed by atoms with Gasteiger partial charge in [0.25, 0.3) is 0 Å². The zero-order valence-electron chi connectivity index (χ0n) is 10.1. The van der Waals surface area contributed by atoms with Gasteiger partial charge in [0.05, 0.1) is 5.56 Å². The van der Waals surface area contributed by atoms with E-state index >= 15 is 0 Å². The molecule has 1 heterocycles. The Bertz CT molecular complexity index is 613. The highest BCUT2D eigenvalue weighted by atomic mass is 19.4. The number of hydrogen-bond donors (Lipinski definition) is 4. The summed E-state index contributed by atoms with van der Waals surface area (Å²) < 4.78 is 37.8. The fraction of sp³-hybridized carbons (Fsp3) is 0.0909. The van der Waals surface area contributed by atoms with Crippen molar-refractivity contribution in [1.29, 1.82) is 0 Å². The molecule has 0 unspecified atom stereocenters. The highest BCUT2D eigenvalue weighted by Gasteiger charge is 2.30. The Morgan fingerprint density at radius 3 is 2.40 bits per heavy atom. The van der Waals surface area contributed by atoms with Crippen LogP contribution >= 0.6 is 0 Å². The molecule has 2 rings (SSSR count). The maximum absolute atomic E-state index is 12.6. The fourth-order valence-electron chi connectivity index (χ4n) is 1.53. The third-order valence-electron chi connectivity index (χ3n) is 2.35. The summed E-state index contributed by atoms with van der Waals surface area (Å²) in [7, 11) is 0. The van der Waals surface area contributed by atoms with Crippen molar-refractivity contribution in [3.05, 3.63) is 35.9 Å². The van der Waals surface area contributed by atoms with Crippen LogP contribution in [0.25, 0.3) is 0 Å². The smallest absolute Gasteiger partial charge is 0.368 e. The molecule has 0 saturated heterocycles. The summed E-state index contributed by atoms with van der Waals surface area (Å²) in [5, 5.41) is 2.71. The lowest BCUT2D eigenvalue weighted by atomic mass is 10.2. The van der Waals surface area contributed by atoms with Crippen LogP contribution in [-0.4, -0.2) is 9.97 Å². The van der Waals surface area contributed by atoms with E-state index in [1.807, 2.05) is 0 Å². The van der Waals surface area contributed by atoms with E-state index in [-0.39, 0.29) is 23.3 Å². The van der Waals surface area contributed by atoms with Crippen molar-refractivity contribution in [3.63, 3.8) is 0 Å². The molecule has 0 bridgehead atoms. The molecule has 6 N–H and O–H groups in total. The molecule has 0 amide bonds. The number of hydrazine groups is 1. The molecule has 106 valence electrons. The van der Waals surface area contributed by atoms with E-state index in [0.29, 0.717) is 0 Å². The molecule has 0 radical (unpaired) electrons. The molecule has 0 fully saturated rings. The minimum atomic E-state index is -4.41. The van der Waals surface area contributed by atoms with Gasteiger partial charge in [-0.1, -0.05) is 6.07 Å². The second-order valence-electron chi connectivity index (χ2n) is 3.84. The number of halogens is 3. The number of benzene rings is 1. The van der Waals surface area contributed by atoms with E-state index in [1.54, 1.807) is 0 Å². The average Bonchev–Trinajstić information content (AvgIpc) is 2.37. The van der Waals surface area contributed by atoms with E-state index < -0.39 is 11.7 Å². The molecule has 9 heteroatoms. The van der Waals surface area contributed by atoms with Crippen LogP contribution in [0.3, 0.4) is 0 Å². The summed E-state index contributed by atoms with van der Waals surface area (Å²) in [5.74, 6) is 5.60. The van der Waals surface area contributed by atoms with Gasteiger partial charge in [-0.05, 0) is 18.2 Å². The zero-order chi connectivity index (χ0) is 14.8. The van der Waals surface area contributed by atoms with Gasteiger partial charge in [0, 0.05) is 11.8 Å². The Hall–Kier alpha value is -2.55. The van der Waals surface area contributed by atoms with Gasteiger partial charge in [0.2, 0.25) is 5.95 Å². The number of nitrogens with one attached hydrogen (secondary N) is 2. The minimum absolute atomic E-state index is 0.0603. The van der Waals surface area contributed by atoms with Crippen LogP contribution in [0.1, 0.15) is 5.56 Å². The molecule has 20 heavy (non-hydrogen) atoms. The summed E-state index contributed by atoms with van der Waals surface area (Å²) in [6.07, 6.45) is -4.41. The van der Waals surface area contributed by atoms with Gasteiger partial charge in [0.15, 0.2) is 0 Å². The van der Waals surface area contributed by atoms with Crippen molar-refractivity contribution in [2.45, 2.75) is 6.18 Å². The maximum Gasteiger partial charge on any atom is 0.416 e. The Kier molecular flexibility index (Phi) is 3.61. The minimum Gasteiger partial charge on any atom is -0.368 e. The summed E-state index contributed by atoms with van der Waals surface area (Å²) in [4.78, 5) is 7.61. The van der Waals surface area contributed by atoms with Crippen molar-refractivity contribution in [2.24, 2.45) is 5.84 Å². The van der Waals surface area contributed by atoms with E-state index in [2.05, 4.69) is 20.7 Å². The van der Waals surface area contributed by atoms with Crippen molar-refractivity contribution in [2.75, 3.05) is 16.5 Å². The molecule has 0 atom stereocenters. The molecule has 0 spiro atoms. The lowest BCUT2D eigenvalue weighted by Crippen LogP contribution is -2.11. The van der Waals surface area contributed by atoms with E-state index in [1.165, 1.54) is 18.2 Å². The molecule has 2 aromatic rings. The second-order valence-corrected chi connectivity index (χ2v) is 3.84. The normalized spacial score (nSPS) is 11.2. The molecule has 0 aliphatic rings. The van der Waals surface area contributed by atoms with Crippen molar-refractivity contribution >= 4 is 23.3 Å². The van der Waals surface area contributed by atoms with Crippen LogP contribution in [0.5, 0.6) is 0 Å². The molecular weight excluding hydrogens is 273 g/mol. The number of nitrogens with zero attached hydrogens (tertiary/aromatic N) is 2. The van der Waals surface area contributed by atoms with Crippen LogP contribution in [-0.2, 0) is 6.18 Å². The number of alkyl halides is 3. The van der Waals surface area contributed by atoms with Crippen LogP contribution < -0.4 is 22.3 Å². The van der Waals surface area contributed by atoms with E-state index in [9.17, 15) is 13.2 Å². The predicted octanol–water partition coefficient (Wildman–Crippen LogP) is 2.11. The molecule has 0 saturated carbocycles. The average molecular weight is 284 g/mol. The number of nitrogens with two attached hydrogens (primary N) is 2. The number of aromatic nitrogens is 2. The van der Waals surface area contributed by atoms with E-state index in [4.69, 9.17) is 11.6 Å². The van der Waals surface area contributed by atoms with Gasteiger partial charge >= 0.3 is 6.18 Å². The monoisotopic (exact) mass is 284 g/mol. The lowest BCUT2D eigenvalue weighted by Gasteiger charge is -2.11. The van der Waals surface area contributed by atoms with Crippen LogP contribution in [0.2, 0.25) is 0 Å². The second kappa shape index (κ2) is 5.21. The maximum atomic E-state index is 12.6. The Balaban J connectivity index is 2.28. The SMILES string of the molecule is NNc1cc(Nc2cccc(C(F)(F)F)c2)nc(N)n1. The first kappa shape index (κ1) is 13.9. The zero-order valence-corrected chi connectivity index (χ0v) is 10.1. The number of anilines is 4. The van der Waals surface area contributed by atoms with Gasteiger partial charge < -0.3 is 16.5 Å². The van der Waals surface area contributed by atoms with Gasteiger partial charge in [-0.2, -0.15) is 23.1 Å². The van der Waals surface area contributed by atoms with Gasteiger partial charge in [-0.15, -0.1) is 0 Å². The quantitative estimate of drug-likeness (QED) is 0.508. The van der Waals surface area contributed by atoms with Gasteiger partial charge in [0.1, 0.15) is 11.6 Å². The van der Waals surface area contributed by atoms with Crippen LogP contribution in [0.4, 0.5) is 36.4 Å². The van der Waals surface area contributed by atoms with Crippen molar-refractivity contribution in [3.8, 4) is 0 Å². The van der Waals surface area contributed by atoms with Crippen molar-refractivity contribution < 1.29 is 13.2 Å². The fourth-order valence-corrected chi connectivity index (χ4v) is 1.53. The number of nitrogen functional groups attached to an aromatic ring is 2. The van der Waals surface area contributed by atoms with Crippen LogP contribution in [0.15, 0.2) is 30.3 Å². The standard InChI is InChI=1S/C11H11F3N6/c12-11(13,14)6-2-1-3-7(4-6)17-8-5-9(20-16)19-10(15)18-8/h1-5H,16H2,(H4,15,17,18,19,20). The predicted molar refractivity (Wildman–Crippen MR) is 69.0 cm³/mol. The van der Waals surface area contributed by atoms with Gasteiger partial charge in [-0.3, -0.25) is 0 Å². The van der Waals surface area contributed by atoms with Crippen molar-refractivity contribution in [1.82, 2.24) is 9.97 Å². The highest BCUT2D eigenvalue weighted by molar-refractivity contribution is 5.61. The Labute approximate surface area is 112 Å². The molecular formula is C11H11F3N6. The molecule has 1 aromatic heterocycles. The lowest BCUT2D eigenvalue weighted by molar-refractivity contribution is -0.137. The Morgan fingerprint density at radius 1 is 1.05 bits per heavy atom. The summed E-state index contributed by atoms with van der Waals surface area (Å²) in [6.45, 7) is 0. The molecule has 0 aliphatic heterocycles. The molecule has 0 aliphatic carbocycles. The molecule has 1 aromatic carbocycles. The first-order chi connectivity index (χ1) is 9.38. The first-order valence-electron chi connectivity index (χ1n) is 5.44. The summed E-state index contributed by atoms with van der Waals surface area (Å²) in [6, 6.07) is 6.12. The topological polar surface area (TPSA) is 102 Å².